The van der Waals surface area contributed by atoms with Crippen LogP contribution in [0.25, 0.3) is 10.9 Å². The molecule has 4 heterocycles. The molecule has 4 aliphatic rings. The molecule has 1 N–H and O–H groups in total. The van der Waals surface area contributed by atoms with Gasteiger partial charge in [0.2, 0.25) is 5.91 Å². The summed E-state index contributed by atoms with van der Waals surface area (Å²) >= 11 is 12.2. The number of hydrogen-bond acceptors (Lipinski definition) is 10. The number of aryl methyl sites for hydroxylation is 1. The van der Waals surface area contributed by atoms with Crippen LogP contribution in [0.5, 0.6) is 0 Å². The van der Waals surface area contributed by atoms with E-state index in [0.29, 0.717) is 35.3 Å². The number of nitrogens with one attached hydrogen (secondary N) is 1. The Bertz CT molecular complexity index is 2130. The molecule has 14 nitrogen and oxygen atoms in total. The van der Waals surface area contributed by atoms with Crippen LogP contribution in [0.2, 0.25) is 5.02 Å². The lowest BCUT2D eigenvalue weighted by Gasteiger charge is -2.44. The highest BCUT2D eigenvalue weighted by molar-refractivity contribution is 7.80. The van der Waals surface area contributed by atoms with Crippen LogP contribution in [0.1, 0.15) is 70.9 Å². The highest BCUT2D eigenvalue weighted by atomic mass is 35.5. The first-order valence-electron chi connectivity index (χ1n) is 19.7. The summed E-state index contributed by atoms with van der Waals surface area (Å²) in [4.78, 5) is 61.3. The first-order valence-corrected chi connectivity index (χ1v) is 20.5. The molecule has 1 saturated carbocycles. The predicted octanol–water partition coefficient (Wildman–Crippen LogP) is 4.79. The second-order valence-electron chi connectivity index (χ2n) is 16.3. The van der Waals surface area contributed by atoms with Gasteiger partial charge in [-0.25, -0.2) is 4.79 Å². The number of anilines is 2. The molecular formula is C41H50ClN9O5S. The molecule has 302 valence electrons. The lowest BCUT2D eigenvalue weighted by Crippen LogP contribution is -2.58. The minimum absolute atomic E-state index is 0.109. The SMILES string of the molecule is C[C@@H]1CN(CCOC2CCC(N3C(=S)N(c4ccc(C#N)c(Cl)c4)C(=O)C3(C)C)CC2)C[C@H](C)N1CC(=O)Cc1cccc2c(N3CCC(=O)NC3=O)nn(C)c12. The van der Waals surface area contributed by atoms with Crippen molar-refractivity contribution < 1.29 is 23.9 Å². The van der Waals surface area contributed by atoms with E-state index in [1.165, 1.54) is 4.90 Å². The predicted molar refractivity (Wildman–Crippen MR) is 221 cm³/mol. The number of ether oxygens (including phenoxy) is 1. The van der Waals surface area contributed by atoms with Gasteiger partial charge in [-0.15, -0.1) is 0 Å². The Morgan fingerprint density at radius 2 is 1.81 bits per heavy atom. The Morgan fingerprint density at radius 1 is 1.09 bits per heavy atom. The summed E-state index contributed by atoms with van der Waals surface area (Å²) in [6.07, 6.45) is 4.07. The van der Waals surface area contributed by atoms with Crippen LogP contribution in [-0.4, -0.2) is 122 Å². The highest BCUT2D eigenvalue weighted by Crippen LogP contribution is 2.39. The lowest BCUT2D eigenvalue weighted by atomic mass is 9.89. The number of nitrogens with zero attached hydrogens (tertiary/aromatic N) is 8. The topological polar surface area (TPSA) is 147 Å². The van der Waals surface area contributed by atoms with Crippen molar-refractivity contribution in [3.05, 3.63) is 52.5 Å². The fourth-order valence-corrected chi connectivity index (χ4v) is 9.93. The number of para-hydroxylation sites is 1. The second kappa shape index (κ2) is 16.4. The summed E-state index contributed by atoms with van der Waals surface area (Å²) in [5.41, 5.74) is 1.76. The first-order chi connectivity index (χ1) is 27.2. The molecule has 0 bridgehead atoms. The number of fused-ring (bicyclic) bond motifs is 1. The van der Waals surface area contributed by atoms with Crippen molar-refractivity contribution in [2.24, 2.45) is 7.05 Å². The number of carbonyl (C=O) groups excluding carboxylic acids is 4. The van der Waals surface area contributed by atoms with Crippen molar-refractivity contribution in [3.8, 4) is 6.07 Å². The fraction of sp³-hybridized carbons (Fsp3) is 0.537. The van der Waals surface area contributed by atoms with Crippen molar-refractivity contribution in [2.45, 2.75) is 96.0 Å². The number of imide groups is 1. The van der Waals surface area contributed by atoms with Gasteiger partial charge in [0, 0.05) is 69.6 Å². The number of hydrogen-bond donors (Lipinski definition) is 1. The number of Topliss-reactive ketones (excluding diaryl/α,β-unsaturated/α-hetero) is 1. The normalized spacial score (nSPS) is 24.7. The molecule has 4 fully saturated rings. The van der Waals surface area contributed by atoms with Gasteiger partial charge < -0.3 is 9.64 Å². The van der Waals surface area contributed by atoms with Crippen molar-refractivity contribution >= 4 is 75.0 Å². The Hall–Kier alpha value is -4.46. The van der Waals surface area contributed by atoms with E-state index in [0.717, 1.165) is 61.8 Å². The van der Waals surface area contributed by atoms with E-state index in [1.807, 2.05) is 39.1 Å². The summed E-state index contributed by atoms with van der Waals surface area (Å²) in [5, 5.41) is 17.8. The number of rotatable bonds is 11. The highest BCUT2D eigenvalue weighted by Gasteiger charge is 2.52. The minimum atomic E-state index is -0.814. The molecule has 57 heavy (non-hydrogen) atoms. The van der Waals surface area contributed by atoms with Crippen LogP contribution >= 0.6 is 23.8 Å². The van der Waals surface area contributed by atoms with Crippen molar-refractivity contribution in [1.29, 1.82) is 5.26 Å². The van der Waals surface area contributed by atoms with E-state index in [2.05, 4.69) is 45.0 Å². The third-order valence-corrected chi connectivity index (χ3v) is 12.7. The number of benzene rings is 2. The van der Waals surface area contributed by atoms with Crippen LogP contribution in [0.15, 0.2) is 36.4 Å². The van der Waals surface area contributed by atoms with Crippen LogP contribution in [0.3, 0.4) is 0 Å². The fourth-order valence-electron chi connectivity index (χ4n) is 9.14. The van der Waals surface area contributed by atoms with Crippen molar-refractivity contribution in [1.82, 2.24) is 29.8 Å². The Kier molecular flexibility index (Phi) is 11.7. The van der Waals surface area contributed by atoms with Gasteiger partial charge in [0.15, 0.2) is 16.7 Å². The zero-order chi connectivity index (χ0) is 40.8. The van der Waals surface area contributed by atoms with E-state index in [9.17, 15) is 24.4 Å². The number of amides is 4. The maximum atomic E-state index is 13.6. The maximum Gasteiger partial charge on any atom is 0.329 e. The maximum absolute atomic E-state index is 13.6. The number of halogens is 1. The van der Waals surface area contributed by atoms with Crippen LogP contribution in [-0.2, 0) is 32.6 Å². The largest absolute Gasteiger partial charge is 0.377 e. The van der Waals surface area contributed by atoms with E-state index >= 15 is 0 Å². The molecule has 1 aliphatic carbocycles. The minimum Gasteiger partial charge on any atom is -0.377 e. The number of nitriles is 1. The van der Waals surface area contributed by atoms with E-state index < -0.39 is 11.6 Å². The second-order valence-corrected chi connectivity index (χ2v) is 17.1. The average Bonchev–Trinajstić information content (AvgIpc) is 3.58. The Balaban J connectivity index is 0.876. The smallest absolute Gasteiger partial charge is 0.329 e. The van der Waals surface area contributed by atoms with Crippen molar-refractivity contribution in [3.63, 3.8) is 0 Å². The van der Waals surface area contributed by atoms with Gasteiger partial charge in [0.25, 0.3) is 5.91 Å². The number of thiocarbonyl (C=S) groups is 1. The van der Waals surface area contributed by atoms with Gasteiger partial charge in [-0.3, -0.25) is 44.0 Å². The van der Waals surface area contributed by atoms with E-state index in [4.69, 9.17) is 28.6 Å². The standard InChI is InChI=1S/C41H50ClN9O5S/c1-25-22-47(17-18-56-32-13-11-29(12-14-32)51-40(57)50(38(54)41(51,3)4)30-10-9-28(21-43)34(42)20-30)23-26(2)49(25)24-31(52)19-27-7-6-8-33-36(27)46(5)45-37(33)48-16-15-35(53)44-39(48)55/h6-10,20,25-26,29,32H,11-19,22-24H2,1-5H3,(H,44,53,55)/t25-,26+,29?,32?. The van der Waals surface area contributed by atoms with Gasteiger partial charge in [0.05, 0.1) is 41.0 Å². The third-order valence-electron chi connectivity index (χ3n) is 12.0. The Labute approximate surface area is 343 Å². The monoisotopic (exact) mass is 815 g/mol. The first kappa shape index (κ1) is 40.7. The number of carbonyl (C=O) groups is 4. The van der Waals surface area contributed by atoms with Gasteiger partial charge in [0.1, 0.15) is 11.6 Å². The molecular weight excluding hydrogens is 766 g/mol. The third kappa shape index (κ3) is 8.03. The summed E-state index contributed by atoms with van der Waals surface area (Å²) in [6, 6.07) is 12.7. The average molecular weight is 816 g/mol. The zero-order valence-corrected chi connectivity index (χ0v) is 34.7. The quantitative estimate of drug-likeness (QED) is 0.267. The molecule has 0 spiro atoms. The number of piperazine rings is 1. The van der Waals surface area contributed by atoms with Gasteiger partial charge in [-0.2, -0.15) is 10.4 Å². The molecule has 2 atom stereocenters. The van der Waals surface area contributed by atoms with Crippen LogP contribution in [0.4, 0.5) is 16.3 Å². The molecule has 4 amide bonds. The van der Waals surface area contributed by atoms with E-state index in [-0.39, 0.29) is 66.2 Å². The summed E-state index contributed by atoms with van der Waals surface area (Å²) in [5.74, 6) is 0.190. The summed E-state index contributed by atoms with van der Waals surface area (Å²) in [6.45, 7) is 11.9. The summed E-state index contributed by atoms with van der Waals surface area (Å²) < 4.78 is 8.13. The molecule has 1 aromatic heterocycles. The van der Waals surface area contributed by atoms with E-state index in [1.54, 1.807) is 27.8 Å². The molecule has 2 aromatic carbocycles. The van der Waals surface area contributed by atoms with Gasteiger partial charge in [-0.05, 0) is 95.4 Å². The van der Waals surface area contributed by atoms with Gasteiger partial charge >= 0.3 is 6.03 Å². The lowest BCUT2D eigenvalue weighted by molar-refractivity contribution is -0.124. The molecule has 7 rings (SSSR count). The number of aromatic nitrogens is 2. The molecule has 16 heteroatoms. The van der Waals surface area contributed by atoms with Crippen LogP contribution in [0, 0.1) is 11.3 Å². The molecule has 3 saturated heterocycles. The van der Waals surface area contributed by atoms with Gasteiger partial charge in [-0.1, -0.05) is 23.7 Å². The Morgan fingerprint density at radius 3 is 2.47 bits per heavy atom. The molecule has 0 radical (unpaired) electrons. The number of ketones is 1. The van der Waals surface area contributed by atoms with Crippen molar-refractivity contribution in [2.75, 3.05) is 49.1 Å². The number of urea groups is 1. The molecule has 3 aromatic rings. The molecule has 0 unspecified atom stereocenters. The van der Waals surface area contributed by atoms with Crippen LogP contribution < -0.4 is 15.1 Å². The molecule has 3 aliphatic heterocycles. The zero-order valence-electron chi connectivity index (χ0n) is 33.2. The summed E-state index contributed by atoms with van der Waals surface area (Å²) in [7, 11) is 1.81.